The Labute approximate surface area is 872 Å². The third kappa shape index (κ3) is 63.3. The number of aryl methyl sites for hydroxylation is 1. The maximum atomic E-state index is 13.4. The molecule has 822 valence electrons. The van der Waals surface area contributed by atoms with E-state index in [1.54, 1.807) is 66.9 Å². The summed E-state index contributed by atoms with van der Waals surface area (Å²) in [4.78, 5) is 177. The molecule has 0 radical (unpaired) electrons. The van der Waals surface area contributed by atoms with Crippen molar-refractivity contribution in [3.8, 4) is 11.3 Å². The number of hydrogen-bond acceptors (Lipinski definition) is 32. The highest BCUT2D eigenvalue weighted by Gasteiger charge is 2.31. The number of aliphatic carboxylic acids is 8. The van der Waals surface area contributed by atoms with Crippen LogP contribution in [0.1, 0.15) is 107 Å². The molecule has 1 saturated heterocycles. The number of benzene rings is 3. The highest BCUT2D eigenvalue weighted by Crippen LogP contribution is 2.22. The second kappa shape index (κ2) is 78.1. The van der Waals surface area contributed by atoms with E-state index in [4.69, 9.17) is 69.4 Å². The van der Waals surface area contributed by atoms with E-state index in [0.29, 0.717) is 178 Å². The molecule has 1 aromatic heterocycles. The number of carboxylic acid groups (broad SMARTS) is 8. The predicted octanol–water partition coefficient (Wildman–Crippen LogP) is 1.98. The van der Waals surface area contributed by atoms with E-state index in [0.717, 1.165) is 15.6 Å². The average Bonchev–Trinajstić information content (AvgIpc) is 1.82. The number of anilines is 2. The number of amides is 8. The summed E-state index contributed by atoms with van der Waals surface area (Å²) in [5.74, 6) is -11.0. The molecular weight excluding hydrogens is 2070 g/mol. The van der Waals surface area contributed by atoms with Gasteiger partial charge in [-0.05, 0) is 166 Å². The van der Waals surface area contributed by atoms with Crippen molar-refractivity contribution in [1.82, 2.24) is 77.1 Å². The van der Waals surface area contributed by atoms with Crippen molar-refractivity contribution in [3.05, 3.63) is 93.7 Å². The Morgan fingerprint density at radius 3 is 1.32 bits per heavy atom. The lowest BCUT2D eigenvalue weighted by Gasteiger charge is -2.37. The van der Waals surface area contributed by atoms with Gasteiger partial charge in [-0.2, -0.15) is 0 Å². The minimum Gasteiger partial charge on any atom is -0.481 e. The topological polar surface area (TPSA) is 666 Å². The van der Waals surface area contributed by atoms with Gasteiger partial charge in [0.15, 0.2) is 5.11 Å². The number of nitrogens with one attached hydrogen (secondary N) is 10. The molecule has 0 saturated carbocycles. The Hall–Kier alpha value is -11.2. The largest absolute Gasteiger partial charge is 0.481 e. The van der Waals surface area contributed by atoms with Gasteiger partial charge in [-0.3, -0.25) is 62.8 Å². The fourth-order valence-electron chi connectivity index (χ4n) is 14.5. The molecular formula is C95H146IN17O33S. The van der Waals surface area contributed by atoms with Crippen molar-refractivity contribution in [1.29, 1.82) is 0 Å². The molecule has 1 aliphatic heterocycles. The zero-order chi connectivity index (χ0) is 107. The normalized spacial score (nSPS) is 14.1. The minimum absolute atomic E-state index is 0.00794. The summed E-state index contributed by atoms with van der Waals surface area (Å²) in [6.07, 6.45) is 6.09. The van der Waals surface area contributed by atoms with Gasteiger partial charge in [-0.15, -0.1) is 5.10 Å². The molecule has 8 amide bonds. The standard InChI is InChI=1S/C95H146IN17O33S/c96-72-20-16-69(17-21-72)9-7-15-81(114)97-28-4-1-12-76(103-82(115)26-39-136-43-47-140-50-46-139-42-38-113-64-80(107-108-113)71-10-8-11-74(62-71)101-93(134)99-29-5-2-14-78(91(130)131)105-94(135)106-79(92(132)133)24-25-84(117)118)89(127)98-31-41-138-45-49-142-52-54-144-56-58-146-60-59-145-57-55-143-53-51-141-48-44-137-40-27-83(116)104-77(90(128)129)13-3-6-30-100-95(147)102-73-22-18-70(19-23-73)61-75-63-111(67-87(123)124)35-34-109(65-85(119)120)32-33-110(66-86(121)122)36-37-112(75)68-88(125)126/h8,10-11,16-23,62,64,75-79H,1-7,9,12-15,24-61,63,65-68H2,(H,97,114)(H,98,127)(H,103,115)(H,104,116)(H,117,118)(H,119,120)(H,121,122)(H,123,124)(H,125,126)(H,128,129)(H,130,131)(H,132,133)(H2,99,101,134)(H2,100,102,147)(H2,105,106,135)/t75?,76-,77-,78-,79-/m0/s1. The lowest BCUT2D eigenvalue weighted by Crippen LogP contribution is -2.53. The zero-order valence-corrected chi connectivity index (χ0v) is 86.0. The van der Waals surface area contributed by atoms with Crippen LogP contribution in [0.3, 0.4) is 0 Å². The number of hydrogen-bond donors (Lipinski definition) is 18. The van der Waals surface area contributed by atoms with Gasteiger partial charge >= 0.3 is 59.8 Å². The number of thiocarbonyl (C=S) groups is 1. The maximum absolute atomic E-state index is 13.4. The van der Waals surface area contributed by atoms with E-state index in [1.165, 1.54) is 5.56 Å². The van der Waals surface area contributed by atoms with Crippen LogP contribution in [0.15, 0.2) is 79.0 Å². The molecule has 1 unspecified atom stereocenters. The minimum atomic E-state index is -1.53. The summed E-state index contributed by atoms with van der Waals surface area (Å²) in [7, 11) is 0. The van der Waals surface area contributed by atoms with Crippen molar-refractivity contribution in [2.45, 2.75) is 146 Å². The van der Waals surface area contributed by atoms with E-state index in [9.17, 15) is 103 Å². The second-order valence-electron chi connectivity index (χ2n) is 33.9. The van der Waals surface area contributed by atoms with Crippen LogP contribution in [-0.4, -0.2) is 438 Å². The number of unbranched alkanes of at least 4 members (excludes halogenated alkanes) is 3. The molecule has 1 fully saturated rings. The van der Waals surface area contributed by atoms with Gasteiger partial charge in [-0.25, -0.2) is 28.7 Å². The Balaban J connectivity index is 0.828. The number of carbonyl (C=O) groups excluding carboxylic acids is 6. The van der Waals surface area contributed by atoms with E-state index in [2.05, 4.69) is 98.2 Å². The first-order valence-electron chi connectivity index (χ1n) is 49.0. The Morgan fingerprint density at radius 2 is 0.816 bits per heavy atom. The highest BCUT2D eigenvalue weighted by molar-refractivity contribution is 14.1. The Bertz CT molecular complexity index is 4540. The van der Waals surface area contributed by atoms with Crippen LogP contribution in [0, 0.1) is 3.57 Å². The van der Waals surface area contributed by atoms with Gasteiger partial charge < -0.3 is 146 Å². The average molecular weight is 2210 g/mol. The van der Waals surface area contributed by atoms with E-state index < -0.39 is 115 Å². The maximum Gasteiger partial charge on any atom is 0.326 e. The summed E-state index contributed by atoms with van der Waals surface area (Å²) >= 11 is 7.75. The Kier molecular flexibility index (Phi) is 67.1. The van der Waals surface area contributed by atoms with Gasteiger partial charge in [-0.1, -0.05) is 41.6 Å². The summed E-state index contributed by atoms with van der Waals surface area (Å²) in [5.41, 5.74) is 4.25. The van der Waals surface area contributed by atoms with Crippen molar-refractivity contribution in [3.63, 3.8) is 0 Å². The first-order chi connectivity index (χ1) is 70.9. The molecule has 5 atom stereocenters. The number of carbonyl (C=O) groups is 14. The van der Waals surface area contributed by atoms with E-state index in [1.807, 2.05) is 24.3 Å². The zero-order valence-electron chi connectivity index (χ0n) is 83.0. The fourth-order valence-corrected chi connectivity index (χ4v) is 15.1. The third-order valence-corrected chi connectivity index (χ3v) is 23.1. The number of nitrogens with zero attached hydrogens (tertiary/aromatic N) is 7. The van der Waals surface area contributed by atoms with Crippen LogP contribution >= 0.6 is 34.8 Å². The molecule has 5 rings (SSSR count). The van der Waals surface area contributed by atoms with Crippen molar-refractivity contribution in [2.75, 3.05) is 254 Å². The monoisotopic (exact) mass is 2210 g/mol. The quantitative estimate of drug-likeness (QED) is 0.0171. The van der Waals surface area contributed by atoms with Crippen LogP contribution in [0.4, 0.5) is 21.0 Å². The second-order valence-corrected chi connectivity index (χ2v) is 35.5. The first-order valence-corrected chi connectivity index (χ1v) is 50.5. The molecule has 52 heteroatoms. The number of aromatic nitrogens is 3. The molecule has 2 heterocycles. The van der Waals surface area contributed by atoms with Gasteiger partial charge in [0.2, 0.25) is 23.6 Å². The highest BCUT2D eigenvalue weighted by atomic mass is 127. The molecule has 50 nitrogen and oxygen atoms in total. The van der Waals surface area contributed by atoms with Gasteiger partial charge in [0.25, 0.3) is 0 Å². The van der Waals surface area contributed by atoms with Gasteiger partial charge in [0.05, 0.1) is 184 Å². The fraction of sp³-hybridized carbons (Fsp3) is 0.632. The molecule has 147 heavy (non-hydrogen) atoms. The van der Waals surface area contributed by atoms with Crippen LogP contribution in [0.25, 0.3) is 11.3 Å². The van der Waals surface area contributed by atoms with Crippen LogP contribution in [-0.2, 0) is 129 Å². The Morgan fingerprint density at radius 1 is 0.381 bits per heavy atom. The van der Waals surface area contributed by atoms with Crippen molar-refractivity contribution >= 4 is 135 Å². The number of ether oxygens (including phenoxy) is 11. The number of rotatable bonds is 82. The smallest absolute Gasteiger partial charge is 0.326 e. The van der Waals surface area contributed by atoms with Crippen LogP contribution in [0.5, 0.6) is 0 Å². The van der Waals surface area contributed by atoms with Crippen LogP contribution in [0.2, 0.25) is 0 Å². The van der Waals surface area contributed by atoms with E-state index in [-0.39, 0.29) is 201 Å². The summed E-state index contributed by atoms with van der Waals surface area (Å²) in [5, 5.41) is 112. The van der Waals surface area contributed by atoms with Crippen molar-refractivity contribution in [2.24, 2.45) is 0 Å². The van der Waals surface area contributed by atoms with E-state index >= 15 is 0 Å². The lowest BCUT2D eigenvalue weighted by molar-refractivity contribution is -0.142. The summed E-state index contributed by atoms with van der Waals surface area (Å²) < 4.78 is 64.3. The lowest BCUT2D eigenvalue weighted by atomic mass is 10.0. The first kappa shape index (κ1) is 126. The number of urea groups is 2. The van der Waals surface area contributed by atoms with Crippen molar-refractivity contribution < 1.29 is 160 Å². The summed E-state index contributed by atoms with van der Waals surface area (Å²) in [6, 6.07) is 15.3. The molecule has 18 N–H and O–H groups in total. The third-order valence-electron chi connectivity index (χ3n) is 22.1. The molecule has 0 aliphatic carbocycles. The molecule has 4 aromatic rings. The van der Waals surface area contributed by atoms with Gasteiger partial charge in [0.1, 0.15) is 29.9 Å². The molecule has 1 aliphatic rings. The number of halogens is 1. The predicted molar refractivity (Wildman–Crippen MR) is 543 cm³/mol. The SMILES string of the molecule is O=C(O)CC[C@H](NC(=O)N[C@@H](CCCCNC(=O)Nc1cccc(-c2cn(CCOCCOCCOCCC(=O)N[C@@H](CCCCNC(=O)CCCc3ccc(I)cc3)C(=O)NCCOCCOCCOCCOCCOCCOCCOCCOCCC(=O)N[C@@H](CCCCNC(=S)Nc3ccc(CC4CN(CC(=O)O)CCN(CC(=O)O)CCN(CC(=O)O)CCN4CC(=O)O)cc3)C(=O)O)nn2)c1)C(=O)O)C(=O)O. The summed E-state index contributed by atoms with van der Waals surface area (Å²) in [6.45, 7) is 7.25. The molecule has 0 bridgehead atoms. The van der Waals surface area contributed by atoms with Gasteiger partial charge in [0, 0.05) is 124 Å². The molecule has 0 spiro atoms. The van der Waals surface area contributed by atoms with Crippen LogP contribution < -0.4 is 53.2 Å². The molecule has 3 aromatic carbocycles. The number of carboxylic acids is 8.